The van der Waals surface area contributed by atoms with E-state index in [1.165, 1.54) is 32.1 Å². The molecule has 0 atom stereocenters. The summed E-state index contributed by atoms with van der Waals surface area (Å²) in [5, 5.41) is 12.6. The molecule has 3 aromatic rings. The molecule has 0 bridgehead atoms. The topological polar surface area (TPSA) is 69.6 Å². The van der Waals surface area contributed by atoms with Crippen molar-refractivity contribution < 1.29 is 4.42 Å². The van der Waals surface area contributed by atoms with Crippen LogP contribution in [-0.2, 0) is 6.54 Å². The van der Waals surface area contributed by atoms with Crippen LogP contribution >= 0.6 is 0 Å². The van der Waals surface area contributed by atoms with Crippen LogP contribution in [0.4, 0.5) is 0 Å². The molecule has 0 unspecified atom stereocenters. The predicted molar refractivity (Wildman–Crippen MR) is 84.7 cm³/mol. The predicted octanol–water partition coefficient (Wildman–Crippen LogP) is 3.42. The second kappa shape index (κ2) is 6.32. The first-order valence-corrected chi connectivity index (χ1v) is 8.13. The molecule has 1 fully saturated rings. The van der Waals surface area contributed by atoms with Crippen LogP contribution in [0.3, 0.4) is 0 Å². The third kappa shape index (κ3) is 3.16. The average Bonchev–Trinajstić information content (AvgIpc) is 3.28. The maximum absolute atomic E-state index is 5.91. The molecule has 1 aromatic carbocycles. The molecule has 6 heteroatoms. The number of rotatable bonds is 4. The third-order valence-corrected chi connectivity index (χ3v) is 4.41. The van der Waals surface area contributed by atoms with Crippen molar-refractivity contribution in [3.05, 3.63) is 48.4 Å². The maximum Gasteiger partial charge on any atom is 0.247 e. The van der Waals surface area contributed by atoms with Crippen molar-refractivity contribution in [2.24, 2.45) is 0 Å². The zero-order valence-corrected chi connectivity index (χ0v) is 12.9. The van der Waals surface area contributed by atoms with Gasteiger partial charge >= 0.3 is 0 Å². The van der Waals surface area contributed by atoms with Crippen molar-refractivity contribution in [3.63, 3.8) is 0 Å². The molecular weight excluding hydrogens is 290 g/mol. The van der Waals surface area contributed by atoms with Gasteiger partial charge in [0.25, 0.3) is 0 Å². The first kappa shape index (κ1) is 14.1. The molecule has 1 aliphatic rings. The van der Waals surface area contributed by atoms with Crippen LogP contribution in [0, 0.1) is 0 Å². The smallest absolute Gasteiger partial charge is 0.247 e. The summed E-state index contributed by atoms with van der Waals surface area (Å²) in [4.78, 5) is 3.95. The molecule has 0 saturated heterocycles. The van der Waals surface area contributed by atoms with Gasteiger partial charge in [0.15, 0.2) is 0 Å². The highest BCUT2D eigenvalue weighted by Gasteiger charge is 2.21. The monoisotopic (exact) mass is 309 g/mol. The Hall–Kier alpha value is -2.50. The molecule has 0 radical (unpaired) electrons. The highest BCUT2D eigenvalue weighted by molar-refractivity contribution is 5.53. The Morgan fingerprint density at radius 2 is 1.87 bits per heavy atom. The van der Waals surface area contributed by atoms with Crippen molar-refractivity contribution in [1.82, 2.24) is 25.0 Å². The summed E-state index contributed by atoms with van der Waals surface area (Å²) in [6.07, 6.45) is 9.43. The Kier molecular flexibility index (Phi) is 3.88. The van der Waals surface area contributed by atoms with Crippen LogP contribution in [0.1, 0.15) is 49.5 Å². The lowest BCUT2D eigenvalue weighted by Crippen LogP contribution is -2.04. The Morgan fingerprint density at radius 3 is 2.61 bits per heavy atom. The first-order valence-electron chi connectivity index (χ1n) is 8.13. The van der Waals surface area contributed by atoms with E-state index in [9.17, 15) is 0 Å². The molecule has 0 aliphatic heterocycles. The zero-order valence-electron chi connectivity index (χ0n) is 12.9. The second-order valence-corrected chi connectivity index (χ2v) is 6.07. The summed E-state index contributed by atoms with van der Waals surface area (Å²) in [7, 11) is 0. The summed E-state index contributed by atoms with van der Waals surface area (Å²) in [5.74, 6) is 1.85. The maximum atomic E-state index is 5.91. The molecule has 2 aromatic heterocycles. The molecule has 118 valence electrons. The highest BCUT2D eigenvalue weighted by atomic mass is 16.4. The van der Waals surface area contributed by atoms with E-state index < -0.39 is 0 Å². The van der Waals surface area contributed by atoms with Crippen LogP contribution in [-0.4, -0.2) is 25.0 Å². The number of benzene rings is 1. The van der Waals surface area contributed by atoms with E-state index in [1.54, 1.807) is 17.3 Å². The molecule has 23 heavy (non-hydrogen) atoms. The van der Waals surface area contributed by atoms with Crippen molar-refractivity contribution in [3.8, 4) is 11.5 Å². The summed E-state index contributed by atoms with van der Waals surface area (Å²) in [5.41, 5.74) is 2.12. The standard InChI is InChI=1S/C17H19N5O/c1-2-4-14(5-3-1)16-20-21-17(23-16)15-8-6-13(7-9-15)10-22-12-18-11-19-22/h6-9,11-12,14H,1-5,10H2. The van der Waals surface area contributed by atoms with Gasteiger partial charge in [0, 0.05) is 11.5 Å². The Bertz CT molecular complexity index is 742. The Labute approximate surface area is 134 Å². The average molecular weight is 309 g/mol. The Balaban J connectivity index is 1.48. The van der Waals surface area contributed by atoms with Crippen molar-refractivity contribution in [2.75, 3.05) is 0 Å². The molecule has 2 heterocycles. The van der Waals surface area contributed by atoms with Gasteiger partial charge in [-0.05, 0) is 30.5 Å². The molecule has 4 rings (SSSR count). The lowest BCUT2D eigenvalue weighted by atomic mass is 9.89. The molecule has 1 saturated carbocycles. The van der Waals surface area contributed by atoms with Gasteiger partial charge in [-0.25, -0.2) is 9.67 Å². The van der Waals surface area contributed by atoms with Crippen molar-refractivity contribution in [1.29, 1.82) is 0 Å². The summed E-state index contributed by atoms with van der Waals surface area (Å²) >= 11 is 0. The number of nitrogens with zero attached hydrogens (tertiary/aromatic N) is 5. The van der Waals surface area contributed by atoms with Gasteiger partial charge in [-0.3, -0.25) is 0 Å². The first-order chi connectivity index (χ1) is 11.4. The Morgan fingerprint density at radius 1 is 1.04 bits per heavy atom. The molecule has 0 spiro atoms. The van der Waals surface area contributed by atoms with Gasteiger partial charge in [-0.1, -0.05) is 31.4 Å². The minimum Gasteiger partial charge on any atom is -0.420 e. The van der Waals surface area contributed by atoms with Crippen molar-refractivity contribution in [2.45, 2.75) is 44.6 Å². The van der Waals surface area contributed by atoms with E-state index >= 15 is 0 Å². The van der Waals surface area contributed by atoms with E-state index in [0.717, 1.165) is 17.0 Å². The minimum atomic E-state index is 0.441. The fraction of sp³-hybridized carbons (Fsp3) is 0.412. The lowest BCUT2D eigenvalue weighted by molar-refractivity contribution is 0.367. The fourth-order valence-electron chi connectivity index (χ4n) is 3.12. The van der Waals surface area contributed by atoms with Crippen molar-refractivity contribution >= 4 is 0 Å². The molecule has 6 nitrogen and oxygen atoms in total. The summed E-state index contributed by atoms with van der Waals surface area (Å²) in [6, 6.07) is 8.15. The van der Waals surface area contributed by atoms with Gasteiger partial charge in [-0.15, -0.1) is 10.2 Å². The van der Waals surface area contributed by atoms with E-state index in [0.29, 0.717) is 18.4 Å². The van der Waals surface area contributed by atoms with Crippen LogP contribution in [0.2, 0.25) is 0 Å². The SMILES string of the molecule is c1ncn(Cc2ccc(-c3nnc(C4CCCCC4)o3)cc2)n1. The number of hydrogen-bond acceptors (Lipinski definition) is 5. The summed E-state index contributed by atoms with van der Waals surface area (Å²) < 4.78 is 7.70. The lowest BCUT2D eigenvalue weighted by Gasteiger charge is -2.17. The van der Waals surface area contributed by atoms with Gasteiger partial charge < -0.3 is 4.42 Å². The van der Waals surface area contributed by atoms with E-state index in [2.05, 4.69) is 32.4 Å². The highest BCUT2D eigenvalue weighted by Crippen LogP contribution is 2.33. The normalized spacial score (nSPS) is 15.8. The minimum absolute atomic E-state index is 0.441. The van der Waals surface area contributed by atoms with Crippen LogP contribution < -0.4 is 0 Å². The van der Waals surface area contributed by atoms with E-state index in [-0.39, 0.29) is 0 Å². The van der Waals surface area contributed by atoms with E-state index in [1.807, 2.05) is 12.1 Å². The fourth-order valence-corrected chi connectivity index (χ4v) is 3.12. The molecular formula is C17H19N5O. The van der Waals surface area contributed by atoms with Crippen LogP contribution in [0.25, 0.3) is 11.5 Å². The number of hydrogen-bond donors (Lipinski definition) is 0. The van der Waals surface area contributed by atoms with Gasteiger partial charge in [0.1, 0.15) is 12.7 Å². The molecule has 1 aliphatic carbocycles. The largest absolute Gasteiger partial charge is 0.420 e. The van der Waals surface area contributed by atoms with Gasteiger partial charge in [-0.2, -0.15) is 5.10 Å². The second-order valence-electron chi connectivity index (χ2n) is 6.07. The molecule has 0 amide bonds. The summed E-state index contributed by atoms with van der Waals surface area (Å²) in [6.45, 7) is 0.706. The van der Waals surface area contributed by atoms with Crippen LogP contribution in [0.15, 0.2) is 41.3 Å². The molecule has 0 N–H and O–H groups in total. The van der Waals surface area contributed by atoms with Crippen LogP contribution in [0.5, 0.6) is 0 Å². The third-order valence-electron chi connectivity index (χ3n) is 4.41. The van der Waals surface area contributed by atoms with Gasteiger partial charge in [0.2, 0.25) is 11.8 Å². The zero-order chi connectivity index (χ0) is 15.5. The quantitative estimate of drug-likeness (QED) is 0.738. The van der Waals surface area contributed by atoms with Gasteiger partial charge in [0.05, 0.1) is 6.54 Å². The van der Waals surface area contributed by atoms with E-state index in [4.69, 9.17) is 4.42 Å². The number of aromatic nitrogens is 5.